The second-order valence-electron chi connectivity index (χ2n) is 5.55. The van der Waals surface area contributed by atoms with E-state index in [9.17, 15) is 9.59 Å². The van der Waals surface area contributed by atoms with Gasteiger partial charge in [-0.05, 0) is 29.5 Å². The first-order chi connectivity index (χ1) is 13.7. The number of para-hydroxylation sites is 1. The Labute approximate surface area is 166 Å². The van der Waals surface area contributed by atoms with Gasteiger partial charge in [0.25, 0.3) is 5.91 Å². The molecule has 0 saturated carbocycles. The average molecular weight is 395 g/mol. The summed E-state index contributed by atoms with van der Waals surface area (Å²) in [4.78, 5) is 23.2. The lowest BCUT2D eigenvalue weighted by molar-refractivity contribution is -0.135. The second-order valence-corrected chi connectivity index (χ2v) is 6.58. The van der Waals surface area contributed by atoms with E-state index in [1.54, 1.807) is 6.21 Å². The maximum Gasteiger partial charge on any atom is 0.331 e. The molecule has 7 nitrogen and oxygen atoms in total. The fraction of sp³-hybridized carbons (Fsp3) is 0.100. The summed E-state index contributed by atoms with van der Waals surface area (Å²) in [6, 6.07) is 17.3. The number of amides is 1. The molecule has 3 rings (SSSR count). The van der Waals surface area contributed by atoms with Crippen molar-refractivity contribution in [2.45, 2.75) is 6.61 Å². The van der Waals surface area contributed by atoms with E-state index < -0.39 is 11.9 Å². The van der Waals surface area contributed by atoms with Crippen molar-refractivity contribution >= 4 is 35.0 Å². The van der Waals surface area contributed by atoms with E-state index in [4.69, 9.17) is 4.74 Å². The molecule has 28 heavy (non-hydrogen) atoms. The number of amidine groups is 1. The van der Waals surface area contributed by atoms with Gasteiger partial charge in [0.1, 0.15) is 12.4 Å². The molecule has 1 aliphatic rings. The molecular weight excluding hydrogens is 378 g/mol. The number of hydrogen-bond donors (Lipinski definition) is 1. The first-order valence-corrected chi connectivity index (χ1v) is 9.13. The molecule has 142 valence electrons. The van der Waals surface area contributed by atoms with Gasteiger partial charge in [-0.2, -0.15) is 5.10 Å². The average Bonchev–Trinajstić information content (AvgIpc) is 3.07. The lowest BCUT2D eigenvalue weighted by atomic mass is 10.2. The van der Waals surface area contributed by atoms with Crippen molar-refractivity contribution < 1.29 is 19.1 Å². The number of benzene rings is 2. The Kier molecular flexibility index (Phi) is 6.59. The molecule has 1 N–H and O–H groups in total. The zero-order chi connectivity index (χ0) is 19.8. The topological polar surface area (TPSA) is 89.3 Å². The standard InChI is InChI=1S/C20H17N3O4S/c1-26-18(24)11-17-19(25)22-20(28-17)23-21-12-15-9-5-6-10-16(15)27-13-14-7-3-2-4-8-14/h2-12H,13H2,1H3,(H,22,23,25)/b17-11+,21-12?. The van der Waals surface area contributed by atoms with Crippen LogP contribution < -0.4 is 10.1 Å². The highest BCUT2D eigenvalue weighted by Gasteiger charge is 2.24. The van der Waals surface area contributed by atoms with Crippen LogP contribution in [-0.2, 0) is 20.9 Å². The highest BCUT2D eigenvalue weighted by atomic mass is 32.2. The first-order valence-electron chi connectivity index (χ1n) is 8.31. The quantitative estimate of drug-likeness (QED) is 0.352. The van der Waals surface area contributed by atoms with Gasteiger partial charge in [0, 0.05) is 11.6 Å². The SMILES string of the molecule is COC(=O)/C=C1/S/C(=N\N=Cc2ccccc2OCc2ccccc2)NC1=O. The third-order valence-corrected chi connectivity index (χ3v) is 4.50. The van der Waals surface area contributed by atoms with Crippen LogP contribution in [0.1, 0.15) is 11.1 Å². The number of carbonyl (C=O) groups is 2. The third-order valence-electron chi connectivity index (χ3n) is 3.60. The predicted octanol–water partition coefficient (Wildman–Crippen LogP) is 2.88. The molecular formula is C20H17N3O4S. The predicted molar refractivity (Wildman–Crippen MR) is 108 cm³/mol. The highest BCUT2D eigenvalue weighted by molar-refractivity contribution is 8.18. The summed E-state index contributed by atoms with van der Waals surface area (Å²) in [5, 5.41) is 10.8. The molecule has 2 aromatic rings. The van der Waals surface area contributed by atoms with E-state index in [-0.39, 0.29) is 10.1 Å². The normalized spacial score (nSPS) is 16.5. The number of carbonyl (C=O) groups excluding carboxylic acids is 2. The van der Waals surface area contributed by atoms with Crippen molar-refractivity contribution in [3.05, 3.63) is 76.7 Å². The highest BCUT2D eigenvalue weighted by Crippen LogP contribution is 2.23. The Morgan fingerprint density at radius 1 is 1.14 bits per heavy atom. The molecule has 1 fully saturated rings. The number of methoxy groups -OCH3 is 1. The molecule has 1 saturated heterocycles. The summed E-state index contributed by atoms with van der Waals surface area (Å²) in [6.45, 7) is 0.438. The van der Waals surface area contributed by atoms with Crippen LogP contribution in [0.4, 0.5) is 0 Å². The first kappa shape index (κ1) is 19.4. The summed E-state index contributed by atoms with van der Waals surface area (Å²) < 4.78 is 10.4. The van der Waals surface area contributed by atoms with Gasteiger partial charge in [-0.25, -0.2) is 4.79 Å². The number of esters is 1. The van der Waals surface area contributed by atoms with E-state index in [0.29, 0.717) is 12.4 Å². The maximum atomic E-state index is 11.8. The van der Waals surface area contributed by atoms with Crippen molar-refractivity contribution in [2.75, 3.05) is 7.11 Å². The molecule has 1 aliphatic heterocycles. The Morgan fingerprint density at radius 3 is 2.68 bits per heavy atom. The Balaban J connectivity index is 1.66. The molecule has 0 radical (unpaired) electrons. The molecule has 8 heteroatoms. The van der Waals surface area contributed by atoms with Crippen molar-refractivity contribution in [1.82, 2.24) is 5.32 Å². The van der Waals surface area contributed by atoms with E-state index in [1.165, 1.54) is 7.11 Å². The lowest BCUT2D eigenvalue weighted by Crippen LogP contribution is -2.19. The number of thioether (sulfide) groups is 1. The van der Waals surface area contributed by atoms with Crippen LogP contribution in [0.5, 0.6) is 5.75 Å². The van der Waals surface area contributed by atoms with Crippen LogP contribution >= 0.6 is 11.8 Å². The van der Waals surface area contributed by atoms with Gasteiger partial charge in [-0.1, -0.05) is 42.5 Å². The van der Waals surface area contributed by atoms with Gasteiger partial charge >= 0.3 is 5.97 Å². The molecule has 0 spiro atoms. The van der Waals surface area contributed by atoms with Gasteiger partial charge < -0.3 is 9.47 Å². The van der Waals surface area contributed by atoms with E-state index in [0.717, 1.165) is 29.0 Å². The molecule has 1 heterocycles. The largest absolute Gasteiger partial charge is 0.488 e. The van der Waals surface area contributed by atoms with Crippen LogP contribution in [0, 0.1) is 0 Å². The minimum Gasteiger partial charge on any atom is -0.488 e. The van der Waals surface area contributed by atoms with Crippen molar-refractivity contribution in [2.24, 2.45) is 10.2 Å². The van der Waals surface area contributed by atoms with E-state index >= 15 is 0 Å². The molecule has 0 bridgehead atoms. The molecule has 2 aromatic carbocycles. The van der Waals surface area contributed by atoms with Crippen LogP contribution in [0.2, 0.25) is 0 Å². The van der Waals surface area contributed by atoms with Crippen LogP contribution in [-0.4, -0.2) is 30.4 Å². The number of rotatable bonds is 6. The van der Waals surface area contributed by atoms with Crippen LogP contribution in [0.3, 0.4) is 0 Å². The van der Waals surface area contributed by atoms with E-state index in [1.807, 2.05) is 54.6 Å². The van der Waals surface area contributed by atoms with E-state index in [2.05, 4.69) is 20.3 Å². The monoisotopic (exact) mass is 395 g/mol. The molecule has 1 amide bonds. The fourth-order valence-corrected chi connectivity index (χ4v) is 2.98. The van der Waals surface area contributed by atoms with Gasteiger partial charge in [0.2, 0.25) is 0 Å². The minimum atomic E-state index is -0.605. The van der Waals surface area contributed by atoms with Crippen LogP contribution in [0.25, 0.3) is 0 Å². The zero-order valence-corrected chi connectivity index (χ0v) is 15.8. The van der Waals surface area contributed by atoms with Gasteiger partial charge in [-0.15, -0.1) is 5.10 Å². The van der Waals surface area contributed by atoms with Gasteiger partial charge in [0.05, 0.1) is 18.2 Å². The number of nitrogens with one attached hydrogen (secondary N) is 1. The second kappa shape index (κ2) is 9.52. The Bertz CT molecular complexity index is 955. The fourth-order valence-electron chi connectivity index (χ4n) is 2.24. The lowest BCUT2D eigenvalue weighted by Gasteiger charge is -2.08. The molecule has 0 atom stereocenters. The van der Waals surface area contributed by atoms with Gasteiger partial charge in [-0.3, -0.25) is 10.1 Å². The van der Waals surface area contributed by atoms with Crippen LogP contribution in [0.15, 0.2) is 75.8 Å². The van der Waals surface area contributed by atoms with Crippen molar-refractivity contribution in [3.63, 3.8) is 0 Å². The van der Waals surface area contributed by atoms with Crippen molar-refractivity contribution in [3.8, 4) is 5.75 Å². The molecule has 0 aliphatic carbocycles. The summed E-state index contributed by atoms with van der Waals surface area (Å²) in [7, 11) is 1.24. The maximum absolute atomic E-state index is 11.8. The molecule has 0 aromatic heterocycles. The summed E-state index contributed by atoms with van der Waals surface area (Å²) in [5.74, 6) is -0.354. The smallest absolute Gasteiger partial charge is 0.331 e. The number of nitrogens with zero attached hydrogens (tertiary/aromatic N) is 2. The summed E-state index contributed by atoms with van der Waals surface area (Å²) >= 11 is 1.01. The number of ether oxygens (including phenoxy) is 2. The third kappa shape index (κ3) is 5.31. The molecule has 0 unspecified atom stereocenters. The summed E-state index contributed by atoms with van der Waals surface area (Å²) in [5.41, 5.74) is 1.81. The Hall–Kier alpha value is -3.39. The zero-order valence-electron chi connectivity index (χ0n) is 15.0. The minimum absolute atomic E-state index is 0.201. The van der Waals surface area contributed by atoms with Gasteiger partial charge in [0.15, 0.2) is 5.17 Å². The number of hydrogen-bond acceptors (Lipinski definition) is 7. The van der Waals surface area contributed by atoms with Crippen molar-refractivity contribution in [1.29, 1.82) is 0 Å². The summed E-state index contributed by atoms with van der Waals surface area (Å²) in [6.07, 6.45) is 2.65. The Morgan fingerprint density at radius 2 is 1.89 bits per heavy atom.